The van der Waals surface area contributed by atoms with Crippen molar-refractivity contribution in [3.8, 4) is 23.7 Å². The molecule has 0 aromatic rings. The minimum atomic E-state index is -0.300. The van der Waals surface area contributed by atoms with Crippen molar-refractivity contribution in [1.29, 1.82) is 0 Å². The number of unbranched alkanes of at least 4 members (excludes halogenated alkanes) is 3. The predicted molar refractivity (Wildman–Crippen MR) is 88.3 cm³/mol. The molecule has 2 heteroatoms. The summed E-state index contributed by atoms with van der Waals surface area (Å²) in [5, 5.41) is 0. The van der Waals surface area contributed by atoms with Gasteiger partial charge in [0.25, 0.3) is 0 Å². The van der Waals surface area contributed by atoms with Crippen LogP contribution in [0.15, 0.2) is 49.1 Å². The molecule has 0 bridgehead atoms. The number of allylic oxidation sites excluding steroid dienone is 6. The van der Waals surface area contributed by atoms with E-state index in [-0.39, 0.29) is 12.6 Å². The highest BCUT2D eigenvalue weighted by Crippen LogP contribution is 2.00. The zero-order valence-corrected chi connectivity index (χ0v) is 12.6. The summed E-state index contributed by atoms with van der Waals surface area (Å²) in [4.78, 5) is 10.5. The SMILES string of the molecule is C=CCCCCC=CC=CC#CC#CC=CCOC(C)=O. The fourth-order valence-electron chi connectivity index (χ4n) is 1.26. The van der Waals surface area contributed by atoms with Gasteiger partial charge < -0.3 is 4.74 Å². The van der Waals surface area contributed by atoms with E-state index in [0.29, 0.717) is 0 Å². The van der Waals surface area contributed by atoms with E-state index in [2.05, 4.69) is 36.3 Å². The number of hydrogen-bond acceptors (Lipinski definition) is 2. The normalized spacial score (nSPS) is 10.1. The standard InChI is InChI=1S/C19H22O2/c1-3-4-5-6-7-8-9-10-11-12-13-14-15-16-17-18-21-19(2)20/h3,8-11,16-17H,1,4-7,18H2,2H3. The van der Waals surface area contributed by atoms with Crippen molar-refractivity contribution in [1.82, 2.24) is 0 Å². The summed E-state index contributed by atoms with van der Waals surface area (Å²) in [6.45, 7) is 5.30. The topological polar surface area (TPSA) is 26.3 Å². The van der Waals surface area contributed by atoms with Gasteiger partial charge in [0.1, 0.15) is 6.61 Å². The molecular weight excluding hydrogens is 260 g/mol. The quantitative estimate of drug-likeness (QED) is 0.221. The van der Waals surface area contributed by atoms with Gasteiger partial charge in [-0.3, -0.25) is 4.79 Å². The molecule has 0 saturated carbocycles. The van der Waals surface area contributed by atoms with Gasteiger partial charge >= 0.3 is 5.97 Å². The first kappa shape index (κ1) is 18.6. The van der Waals surface area contributed by atoms with Crippen LogP contribution in [0, 0.1) is 23.7 Å². The Morgan fingerprint density at radius 1 is 1.05 bits per heavy atom. The first-order chi connectivity index (χ1) is 10.3. The Morgan fingerprint density at radius 3 is 2.48 bits per heavy atom. The lowest BCUT2D eigenvalue weighted by atomic mass is 10.2. The largest absolute Gasteiger partial charge is 0.462 e. The molecule has 21 heavy (non-hydrogen) atoms. The van der Waals surface area contributed by atoms with Gasteiger partial charge in [0.05, 0.1) is 0 Å². The lowest BCUT2D eigenvalue weighted by Crippen LogP contribution is -1.96. The number of carbonyl (C=O) groups is 1. The summed E-state index contributed by atoms with van der Waals surface area (Å²) in [6, 6.07) is 0. The molecule has 0 aromatic carbocycles. The highest BCUT2D eigenvalue weighted by Gasteiger charge is 1.84. The van der Waals surface area contributed by atoms with Crippen LogP contribution in [0.5, 0.6) is 0 Å². The van der Waals surface area contributed by atoms with Gasteiger partial charge in [0, 0.05) is 6.92 Å². The zero-order chi connectivity index (χ0) is 15.6. The maximum absolute atomic E-state index is 10.5. The van der Waals surface area contributed by atoms with Gasteiger partial charge in [-0.2, -0.15) is 0 Å². The third-order valence-electron chi connectivity index (χ3n) is 2.25. The first-order valence-corrected chi connectivity index (χ1v) is 6.99. The van der Waals surface area contributed by atoms with Gasteiger partial charge in [-0.25, -0.2) is 0 Å². The summed E-state index contributed by atoms with van der Waals surface area (Å²) in [6.07, 6.45) is 17.6. The summed E-state index contributed by atoms with van der Waals surface area (Å²) < 4.78 is 4.70. The Labute approximate surface area is 128 Å². The molecular formula is C19H22O2. The maximum atomic E-state index is 10.5. The van der Waals surface area contributed by atoms with E-state index in [1.807, 2.05) is 18.2 Å². The van der Waals surface area contributed by atoms with E-state index >= 15 is 0 Å². The fraction of sp³-hybridized carbons (Fsp3) is 0.316. The first-order valence-electron chi connectivity index (χ1n) is 6.99. The van der Waals surface area contributed by atoms with E-state index in [9.17, 15) is 4.79 Å². The number of ether oxygens (including phenoxy) is 1. The maximum Gasteiger partial charge on any atom is 0.302 e. The number of esters is 1. The second-order valence-electron chi connectivity index (χ2n) is 4.10. The molecule has 0 spiro atoms. The van der Waals surface area contributed by atoms with Gasteiger partial charge in [0.2, 0.25) is 0 Å². The number of rotatable bonds is 8. The van der Waals surface area contributed by atoms with Crippen LogP contribution in [-0.4, -0.2) is 12.6 Å². The Balaban J connectivity index is 3.72. The van der Waals surface area contributed by atoms with Crippen LogP contribution in [0.1, 0.15) is 32.6 Å². The molecule has 0 unspecified atom stereocenters. The summed E-state index contributed by atoms with van der Waals surface area (Å²) >= 11 is 0. The Hall–Kier alpha value is -2.45. The van der Waals surface area contributed by atoms with Crippen molar-refractivity contribution in [2.24, 2.45) is 0 Å². The zero-order valence-electron chi connectivity index (χ0n) is 12.6. The van der Waals surface area contributed by atoms with Gasteiger partial charge in [-0.05, 0) is 55.8 Å². The molecule has 0 atom stereocenters. The van der Waals surface area contributed by atoms with E-state index in [4.69, 9.17) is 4.74 Å². The Kier molecular flexibility index (Phi) is 13.8. The second-order valence-corrected chi connectivity index (χ2v) is 4.10. The van der Waals surface area contributed by atoms with Crippen LogP contribution in [-0.2, 0) is 9.53 Å². The molecule has 0 N–H and O–H groups in total. The number of hydrogen-bond donors (Lipinski definition) is 0. The van der Waals surface area contributed by atoms with E-state index in [1.165, 1.54) is 19.8 Å². The highest BCUT2D eigenvalue weighted by atomic mass is 16.5. The van der Waals surface area contributed by atoms with Crippen LogP contribution < -0.4 is 0 Å². The van der Waals surface area contributed by atoms with Crippen molar-refractivity contribution in [2.45, 2.75) is 32.6 Å². The van der Waals surface area contributed by atoms with Gasteiger partial charge in [-0.1, -0.05) is 36.1 Å². The molecule has 0 radical (unpaired) electrons. The third-order valence-corrected chi connectivity index (χ3v) is 2.25. The monoisotopic (exact) mass is 282 g/mol. The lowest BCUT2D eigenvalue weighted by Gasteiger charge is -1.91. The molecule has 0 amide bonds. The minimum absolute atomic E-state index is 0.245. The van der Waals surface area contributed by atoms with Crippen LogP contribution >= 0.6 is 0 Å². The lowest BCUT2D eigenvalue weighted by molar-refractivity contribution is -0.139. The summed E-state index contributed by atoms with van der Waals surface area (Å²) in [7, 11) is 0. The summed E-state index contributed by atoms with van der Waals surface area (Å²) in [5.74, 6) is 10.6. The second kappa shape index (κ2) is 15.6. The van der Waals surface area contributed by atoms with Crippen molar-refractivity contribution >= 4 is 5.97 Å². The molecule has 110 valence electrons. The van der Waals surface area contributed by atoms with Crippen LogP contribution in [0.25, 0.3) is 0 Å². The van der Waals surface area contributed by atoms with E-state index in [0.717, 1.165) is 12.8 Å². The van der Waals surface area contributed by atoms with Crippen molar-refractivity contribution < 1.29 is 9.53 Å². The third kappa shape index (κ3) is 17.6. The molecule has 0 saturated heterocycles. The Morgan fingerprint density at radius 2 is 1.76 bits per heavy atom. The van der Waals surface area contributed by atoms with Crippen molar-refractivity contribution in [3.05, 3.63) is 49.1 Å². The van der Waals surface area contributed by atoms with Crippen molar-refractivity contribution in [3.63, 3.8) is 0 Å². The fourth-order valence-corrected chi connectivity index (χ4v) is 1.26. The van der Waals surface area contributed by atoms with Gasteiger partial charge in [-0.15, -0.1) is 6.58 Å². The highest BCUT2D eigenvalue weighted by molar-refractivity contribution is 5.66. The van der Waals surface area contributed by atoms with Crippen LogP contribution in [0.2, 0.25) is 0 Å². The Bertz CT molecular complexity index is 499. The molecule has 0 aliphatic heterocycles. The van der Waals surface area contributed by atoms with Crippen LogP contribution in [0.3, 0.4) is 0 Å². The average molecular weight is 282 g/mol. The van der Waals surface area contributed by atoms with E-state index < -0.39 is 0 Å². The minimum Gasteiger partial charge on any atom is -0.462 e. The number of carbonyl (C=O) groups excluding carboxylic acids is 1. The molecule has 0 aliphatic carbocycles. The van der Waals surface area contributed by atoms with Crippen LogP contribution in [0.4, 0.5) is 0 Å². The molecule has 0 rings (SSSR count). The molecule has 2 nitrogen and oxygen atoms in total. The molecule has 0 aromatic heterocycles. The molecule has 0 aliphatic rings. The predicted octanol–water partition coefficient (Wildman–Crippen LogP) is 3.97. The van der Waals surface area contributed by atoms with Gasteiger partial charge in [0.15, 0.2) is 0 Å². The summed E-state index contributed by atoms with van der Waals surface area (Å²) in [5.41, 5.74) is 0. The van der Waals surface area contributed by atoms with E-state index in [1.54, 1.807) is 18.2 Å². The molecule has 0 fully saturated rings. The molecule has 0 heterocycles. The van der Waals surface area contributed by atoms with Crippen molar-refractivity contribution in [2.75, 3.05) is 6.61 Å². The average Bonchev–Trinajstić information content (AvgIpc) is 2.46. The smallest absolute Gasteiger partial charge is 0.302 e.